The first-order valence-electron chi connectivity index (χ1n) is 18.5. The number of esters is 2. The summed E-state index contributed by atoms with van der Waals surface area (Å²) in [6, 6.07) is 0. The summed E-state index contributed by atoms with van der Waals surface area (Å²) in [6.45, 7) is 2.34. The second-order valence-corrected chi connectivity index (χ2v) is 14.1. The van der Waals surface area contributed by atoms with E-state index in [1.54, 1.807) is 0 Å². The summed E-state index contributed by atoms with van der Waals surface area (Å²) in [4.78, 5) is 34.6. The van der Waals surface area contributed by atoms with Crippen molar-refractivity contribution in [1.29, 1.82) is 0 Å². The van der Waals surface area contributed by atoms with Gasteiger partial charge in [-0.15, -0.1) is 0 Å². The van der Waals surface area contributed by atoms with Crippen molar-refractivity contribution in [2.24, 2.45) is 0 Å². The van der Waals surface area contributed by atoms with Crippen molar-refractivity contribution in [3.63, 3.8) is 0 Å². The largest absolute Gasteiger partial charge is 0.472 e. The average molecular weight is 681 g/mol. The number of unbranched alkanes of at least 4 members (excludes halogenated alkanes) is 21. The molecule has 0 aliphatic carbocycles. The molecule has 0 bridgehead atoms. The van der Waals surface area contributed by atoms with Gasteiger partial charge in [0.2, 0.25) is 0 Å². The summed E-state index contributed by atoms with van der Waals surface area (Å²) in [5.41, 5.74) is 0. The van der Waals surface area contributed by atoms with Gasteiger partial charge in [-0.25, -0.2) is 4.57 Å². The van der Waals surface area contributed by atoms with E-state index in [4.69, 9.17) is 19.1 Å². The lowest BCUT2D eigenvalue weighted by Gasteiger charge is -2.20. The molecule has 0 spiro atoms. The molecule has 0 saturated carbocycles. The van der Waals surface area contributed by atoms with Gasteiger partial charge in [-0.05, 0) is 12.8 Å². The fourth-order valence-electron chi connectivity index (χ4n) is 5.11. The minimum absolute atomic E-state index is 0.189. The summed E-state index contributed by atoms with van der Waals surface area (Å²) in [5.74, 6) is -0.921. The first kappa shape index (κ1) is 45.0. The van der Waals surface area contributed by atoms with Gasteiger partial charge >= 0.3 is 19.8 Å². The van der Waals surface area contributed by atoms with Gasteiger partial charge in [0, 0.05) is 12.8 Å². The third-order valence-corrected chi connectivity index (χ3v) is 8.96. The summed E-state index contributed by atoms with van der Waals surface area (Å²) in [6.07, 6.45) is 25.2. The lowest BCUT2D eigenvalue weighted by Crippen LogP contribution is -2.29. The summed E-state index contributed by atoms with van der Waals surface area (Å²) >= 11 is 0. The van der Waals surface area contributed by atoms with Crippen LogP contribution in [0.5, 0.6) is 0 Å². The minimum Gasteiger partial charge on any atom is -0.462 e. The minimum atomic E-state index is -4.60. The zero-order valence-electron chi connectivity index (χ0n) is 29.3. The molecular weight excluding hydrogens is 611 g/mol. The van der Waals surface area contributed by atoms with Crippen molar-refractivity contribution in [1.82, 2.24) is 0 Å². The van der Waals surface area contributed by atoms with E-state index in [-0.39, 0.29) is 19.4 Å². The predicted octanol–water partition coefficient (Wildman–Crippen LogP) is 8.72. The molecule has 0 fully saturated rings. The number of rotatable bonds is 35. The summed E-state index contributed by atoms with van der Waals surface area (Å²) in [5, 5.41) is 18.2. The fourth-order valence-corrected chi connectivity index (χ4v) is 5.90. The Bertz CT molecular complexity index is 751. The molecule has 3 N–H and O–H groups in total. The zero-order valence-corrected chi connectivity index (χ0v) is 30.2. The molecule has 0 aromatic heterocycles. The molecule has 3 atom stereocenters. The van der Waals surface area contributed by atoms with Crippen molar-refractivity contribution in [3.8, 4) is 0 Å². The second kappa shape index (κ2) is 32.5. The molecule has 0 aromatic carbocycles. The van der Waals surface area contributed by atoms with Crippen molar-refractivity contribution < 1.29 is 47.8 Å². The van der Waals surface area contributed by atoms with Crippen molar-refractivity contribution in [3.05, 3.63) is 0 Å². The van der Waals surface area contributed by atoms with Crippen LogP contribution in [0.3, 0.4) is 0 Å². The molecule has 1 unspecified atom stereocenters. The molecule has 0 radical (unpaired) electrons. The molecule has 0 heterocycles. The molecule has 0 amide bonds. The summed E-state index contributed by atoms with van der Waals surface area (Å²) < 4.78 is 32.5. The average Bonchev–Trinajstić information content (AvgIpc) is 3.04. The van der Waals surface area contributed by atoms with E-state index in [2.05, 4.69) is 18.4 Å². The van der Waals surface area contributed by atoms with E-state index in [0.717, 1.165) is 32.1 Å². The Labute approximate surface area is 280 Å². The topological polar surface area (TPSA) is 149 Å². The van der Waals surface area contributed by atoms with E-state index in [0.29, 0.717) is 12.8 Å². The van der Waals surface area contributed by atoms with Crippen LogP contribution in [0.15, 0.2) is 0 Å². The van der Waals surface area contributed by atoms with E-state index >= 15 is 0 Å². The van der Waals surface area contributed by atoms with Crippen LogP contribution in [0.4, 0.5) is 0 Å². The molecule has 10 nitrogen and oxygen atoms in total. The normalized spacial score (nSPS) is 14.1. The highest BCUT2D eigenvalue weighted by Crippen LogP contribution is 2.43. The van der Waals surface area contributed by atoms with Crippen LogP contribution in [0, 0.1) is 0 Å². The van der Waals surface area contributed by atoms with Gasteiger partial charge in [-0.1, -0.05) is 149 Å². The first-order valence-corrected chi connectivity index (χ1v) is 20.0. The predicted molar refractivity (Wildman–Crippen MR) is 182 cm³/mol. The van der Waals surface area contributed by atoms with Crippen molar-refractivity contribution >= 4 is 19.8 Å². The molecular formula is C35H69O10P. The van der Waals surface area contributed by atoms with Gasteiger partial charge in [0.25, 0.3) is 0 Å². The van der Waals surface area contributed by atoms with Gasteiger partial charge in [0.15, 0.2) is 6.10 Å². The van der Waals surface area contributed by atoms with Gasteiger partial charge in [-0.3, -0.25) is 18.6 Å². The second-order valence-electron chi connectivity index (χ2n) is 12.6. The Morgan fingerprint density at radius 3 is 1.35 bits per heavy atom. The number of ether oxygens (including phenoxy) is 2. The highest BCUT2D eigenvalue weighted by molar-refractivity contribution is 7.47. The highest BCUT2D eigenvalue weighted by Gasteiger charge is 2.27. The molecule has 0 rings (SSSR count). The Morgan fingerprint density at radius 1 is 0.565 bits per heavy atom. The number of aliphatic hydroxyl groups is 2. The lowest BCUT2D eigenvalue weighted by molar-refractivity contribution is -0.161. The Hall–Kier alpha value is -1.03. The molecule has 0 saturated heterocycles. The molecule has 0 aliphatic heterocycles. The lowest BCUT2D eigenvalue weighted by atomic mass is 10.0. The van der Waals surface area contributed by atoms with E-state index in [1.165, 1.54) is 103 Å². The van der Waals surface area contributed by atoms with Crippen LogP contribution in [-0.4, -0.2) is 65.7 Å². The third-order valence-electron chi connectivity index (χ3n) is 8.01. The number of hydrogen-bond acceptors (Lipinski definition) is 9. The van der Waals surface area contributed by atoms with Gasteiger partial charge in [-0.2, -0.15) is 0 Å². The quantitative estimate of drug-likeness (QED) is 0.0337. The van der Waals surface area contributed by atoms with Crippen molar-refractivity contribution in [2.75, 3.05) is 26.4 Å². The maximum Gasteiger partial charge on any atom is 0.472 e. The first-order chi connectivity index (χ1) is 22.2. The standard InChI is InChI=1S/C35H69O10P/c1-3-5-7-9-11-13-14-15-16-17-18-19-21-22-24-26-34(38)42-30-33(31-44-46(40,41)43-29-32(37)28-36)45-35(39)27-25-23-20-12-10-8-6-4-2/h32-33,36-37H,3-31H2,1-2H3,(H,40,41)/t32-,33+/m1/s1. The summed E-state index contributed by atoms with van der Waals surface area (Å²) in [7, 11) is -4.60. The number of hydrogen-bond donors (Lipinski definition) is 3. The van der Waals surface area contributed by atoms with Gasteiger partial charge in [0.05, 0.1) is 19.8 Å². The van der Waals surface area contributed by atoms with Crippen LogP contribution in [-0.2, 0) is 32.7 Å². The maximum atomic E-state index is 12.4. The number of carbonyl (C=O) groups excluding carboxylic acids is 2. The fraction of sp³-hybridized carbons (Fsp3) is 0.943. The smallest absolute Gasteiger partial charge is 0.462 e. The SMILES string of the molecule is CCCCCCCCCCCCCCCCCC(=O)OC[C@@H](COP(=O)(O)OC[C@H](O)CO)OC(=O)CCCCCCCCCC. The van der Waals surface area contributed by atoms with Crippen LogP contribution in [0.25, 0.3) is 0 Å². The number of phosphoric acid groups is 1. The Balaban J connectivity index is 4.28. The van der Waals surface area contributed by atoms with Crippen molar-refractivity contribution in [2.45, 2.75) is 187 Å². The highest BCUT2D eigenvalue weighted by atomic mass is 31.2. The van der Waals surface area contributed by atoms with Crippen LogP contribution < -0.4 is 0 Å². The Kier molecular flexibility index (Phi) is 31.8. The van der Waals surface area contributed by atoms with Crippen LogP contribution in [0.1, 0.15) is 174 Å². The van der Waals surface area contributed by atoms with E-state index in [9.17, 15) is 24.2 Å². The molecule has 274 valence electrons. The molecule has 11 heteroatoms. The number of phosphoric ester groups is 1. The third kappa shape index (κ3) is 31.6. The molecule has 0 aromatic rings. The number of aliphatic hydroxyl groups excluding tert-OH is 2. The van der Waals surface area contributed by atoms with Gasteiger partial charge < -0.3 is 24.6 Å². The van der Waals surface area contributed by atoms with E-state index in [1.807, 2.05) is 0 Å². The monoisotopic (exact) mass is 680 g/mol. The van der Waals surface area contributed by atoms with E-state index < -0.39 is 51.8 Å². The van der Waals surface area contributed by atoms with Crippen LogP contribution >= 0.6 is 7.82 Å². The van der Waals surface area contributed by atoms with Crippen LogP contribution in [0.2, 0.25) is 0 Å². The number of carbonyl (C=O) groups is 2. The molecule has 46 heavy (non-hydrogen) atoms. The Morgan fingerprint density at radius 2 is 0.935 bits per heavy atom. The maximum absolute atomic E-state index is 12.4. The van der Waals surface area contributed by atoms with Gasteiger partial charge in [0.1, 0.15) is 12.7 Å². The zero-order chi connectivity index (χ0) is 34.1. The molecule has 0 aliphatic rings.